The standard InChI is InChI=1S/C8H11NO2/c1-11-8-4-2-3-7(5-8)9-6-10/h2-5,9-10H,6H2,1H3. The molecule has 0 unspecified atom stereocenters. The number of methoxy groups -OCH3 is 1. The van der Waals surface area contributed by atoms with Gasteiger partial charge in [-0.25, -0.2) is 0 Å². The Bertz CT molecular complexity index is 225. The molecule has 0 aliphatic rings. The highest BCUT2D eigenvalue weighted by Gasteiger charge is 1.91. The Balaban J connectivity index is 2.74. The van der Waals surface area contributed by atoms with Crippen LogP contribution in [-0.4, -0.2) is 18.9 Å². The van der Waals surface area contributed by atoms with Crippen LogP contribution in [0.2, 0.25) is 0 Å². The molecule has 0 atom stereocenters. The Morgan fingerprint density at radius 3 is 3.00 bits per heavy atom. The Labute approximate surface area is 65.6 Å². The first-order chi connectivity index (χ1) is 5.36. The van der Waals surface area contributed by atoms with E-state index < -0.39 is 0 Å². The van der Waals surface area contributed by atoms with E-state index in [-0.39, 0.29) is 6.73 Å². The molecule has 0 saturated carbocycles. The highest BCUT2D eigenvalue weighted by atomic mass is 16.5. The molecule has 2 N–H and O–H groups in total. The van der Waals surface area contributed by atoms with Gasteiger partial charge in [0.15, 0.2) is 0 Å². The molecule has 0 radical (unpaired) electrons. The molecule has 0 aromatic heterocycles. The molecule has 60 valence electrons. The average Bonchev–Trinajstić information content (AvgIpc) is 2.06. The monoisotopic (exact) mass is 153 g/mol. The fourth-order valence-electron chi connectivity index (χ4n) is 0.824. The average molecular weight is 153 g/mol. The first-order valence-corrected chi connectivity index (χ1v) is 3.35. The lowest BCUT2D eigenvalue weighted by Gasteiger charge is -2.03. The molecule has 0 bridgehead atoms. The highest BCUT2D eigenvalue weighted by Crippen LogP contribution is 2.15. The second-order valence-corrected chi connectivity index (χ2v) is 2.07. The van der Waals surface area contributed by atoms with Gasteiger partial charge < -0.3 is 15.2 Å². The van der Waals surface area contributed by atoms with E-state index in [0.29, 0.717) is 0 Å². The summed E-state index contributed by atoms with van der Waals surface area (Å²) in [5, 5.41) is 11.3. The van der Waals surface area contributed by atoms with Gasteiger partial charge in [0.1, 0.15) is 12.5 Å². The summed E-state index contributed by atoms with van der Waals surface area (Å²) in [4.78, 5) is 0. The topological polar surface area (TPSA) is 41.5 Å². The van der Waals surface area contributed by atoms with Crippen LogP contribution in [-0.2, 0) is 0 Å². The molecule has 3 nitrogen and oxygen atoms in total. The van der Waals surface area contributed by atoms with E-state index in [1.807, 2.05) is 24.3 Å². The van der Waals surface area contributed by atoms with E-state index >= 15 is 0 Å². The first kappa shape index (κ1) is 7.88. The van der Waals surface area contributed by atoms with Gasteiger partial charge in [-0.1, -0.05) is 6.07 Å². The molecule has 1 rings (SSSR count). The Morgan fingerprint density at radius 1 is 1.55 bits per heavy atom. The number of nitrogens with one attached hydrogen (secondary N) is 1. The molecule has 1 aromatic rings. The summed E-state index contributed by atoms with van der Waals surface area (Å²) in [5.41, 5.74) is 0.854. The second-order valence-electron chi connectivity index (χ2n) is 2.07. The molecule has 0 heterocycles. The molecule has 0 fully saturated rings. The molecule has 1 aromatic carbocycles. The predicted octanol–water partition coefficient (Wildman–Crippen LogP) is 1.06. The zero-order valence-corrected chi connectivity index (χ0v) is 6.37. The zero-order valence-electron chi connectivity index (χ0n) is 6.37. The summed E-state index contributed by atoms with van der Waals surface area (Å²) in [6.45, 7) is -0.0623. The van der Waals surface area contributed by atoms with E-state index in [1.165, 1.54) is 0 Å². The molecule has 0 aliphatic carbocycles. The maximum absolute atomic E-state index is 8.53. The van der Waals surface area contributed by atoms with E-state index in [0.717, 1.165) is 11.4 Å². The van der Waals surface area contributed by atoms with Crippen LogP contribution < -0.4 is 10.1 Å². The first-order valence-electron chi connectivity index (χ1n) is 3.35. The molecular weight excluding hydrogens is 142 g/mol. The van der Waals surface area contributed by atoms with Gasteiger partial charge in [0.05, 0.1) is 7.11 Å². The van der Waals surface area contributed by atoms with Gasteiger partial charge in [0.25, 0.3) is 0 Å². The van der Waals surface area contributed by atoms with Crippen molar-refractivity contribution in [3.63, 3.8) is 0 Å². The third kappa shape index (κ3) is 2.13. The Hall–Kier alpha value is -1.22. The number of benzene rings is 1. The number of hydrogen-bond donors (Lipinski definition) is 2. The van der Waals surface area contributed by atoms with Gasteiger partial charge in [-0.15, -0.1) is 0 Å². The summed E-state index contributed by atoms with van der Waals surface area (Å²) in [5.74, 6) is 0.781. The maximum atomic E-state index is 8.53. The van der Waals surface area contributed by atoms with Crippen LogP contribution in [0.1, 0.15) is 0 Å². The summed E-state index contributed by atoms with van der Waals surface area (Å²) in [7, 11) is 1.61. The molecule has 0 aliphatic heterocycles. The van der Waals surface area contributed by atoms with Crippen LogP contribution in [0.15, 0.2) is 24.3 Å². The normalized spacial score (nSPS) is 9.27. The highest BCUT2D eigenvalue weighted by molar-refractivity contribution is 5.47. The van der Waals surface area contributed by atoms with Crippen molar-refractivity contribution in [1.29, 1.82) is 0 Å². The number of anilines is 1. The van der Waals surface area contributed by atoms with Crippen LogP contribution >= 0.6 is 0 Å². The van der Waals surface area contributed by atoms with Gasteiger partial charge in [0.2, 0.25) is 0 Å². The van der Waals surface area contributed by atoms with Gasteiger partial charge in [-0.05, 0) is 12.1 Å². The van der Waals surface area contributed by atoms with Crippen molar-refractivity contribution in [2.45, 2.75) is 0 Å². The molecule has 11 heavy (non-hydrogen) atoms. The lowest BCUT2D eigenvalue weighted by Crippen LogP contribution is -1.98. The summed E-state index contributed by atoms with van der Waals surface area (Å²) < 4.78 is 4.98. The van der Waals surface area contributed by atoms with Crippen LogP contribution in [0.25, 0.3) is 0 Å². The maximum Gasteiger partial charge on any atom is 0.120 e. The fourth-order valence-corrected chi connectivity index (χ4v) is 0.824. The number of aliphatic hydroxyl groups excluding tert-OH is 1. The van der Waals surface area contributed by atoms with Gasteiger partial charge in [-0.2, -0.15) is 0 Å². The van der Waals surface area contributed by atoms with E-state index in [9.17, 15) is 0 Å². The van der Waals surface area contributed by atoms with Crippen LogP contribution in [0.4, 0.5) is 5.69 Å². The van der Waals surface area contributed by atoms with Crippen molar-refractivity contribution in [2.24, 2.45) is 0 Å². The quantitative estimate of drug-likeness (QED) is 0.638. The molecule has 0 saturated heterocycles. The number of hydrogen-bond acceptors (Lipinski definition) is 3. The molecule has 0 amide bonds. The summed E-state index contributed by atoms with van der Waals surface area (Å²) in [6.07, 6.45) is 0. The van der Waals surface area contributed by atoms with Gasteiger partial charge in [-0.3, -0.25) is 0 Å². The fraction of sp³-hybridized carbons (Fsp3) is 0.250. The van der Waals surface area contributed by atoms with Crippen molar-refractivity contribution in [2.75, 3.05) is 19.2 Å². The third-order valence-corrected chi connectivity index (χ3v) is 1.35. The zero-order chi connectivity index (χ0) is 8.10. The minimum Gasteiger partial charge on any atom is -0.497 e. The minimum atomic E-state index is -0.0623. The number of ether oxygens (including phenoxy) is 1. The van der Waals surface area contributed by atoms with Gasteiger partial charge >= 0.3 is 0 Å². The SMILES string of the molecule is COc1cccc(NCO)c1. The second kappa shape index (κ2) is 3.83. The minimum absolute atomic E-state index is 0.0623. The van der Waals surface area contributed by atoms with E-state index in [2.05, 4.69) is 5.32 Å². The van der Waals surface area contributed by atoms with E-state index in [4.69, 9.17) is 9.84 Å². The summed E-state index contributed by atoms with van der Waals surface area (Å²) >= 11 is 0. The van der Waals surface area contributed by atoms with Crippen LogP contribution in [0, 0.1) is 0 Å². The third-order valence-electron chi connectivity index (χ3n) is 1.35. The van der Waals surface area contributed by atoms with E-state index in [1.54, 1.807) is 7.11 Å². The molecule has 3 heteroatoms. The number of rotatable bonds is 3. The Kier molecular flexibility index (Phi) is 2.74. The lowest BCUT2D eigenvalue weighted by atomic mass is 10.3. The van der Waals surface area contributed by atoms with Crippen molar-refractivity contribution in [3.8, 4) is 5.75 Å². The van der Waals surface area contributed by atoms with Crippen LogP contribution in [0.3, 0.4) is 0 Å². The van der Waals surface area contributed by atoms with Crippen molar-refractivity contribution in [1.82, 2.24) is 0 Å². The molecule has 0 spiro atoms. The Morgan fingerprint density at radius 2 is 2.36 bits per heavy atom. The number of aliphatic hydroxyl groups is 1. The summed E-state index contributed by atoms with van der Waals surface area (Å²) in [6, 6.07) is 7.38. The smallest absolute Gasteiger partial charge is 0.120 e. The lowest BCUT2D eigenvalue weighted by molar-refractivity contribution is 0.325. The van der Waals surface area contributed by atoms with Gasteiger partial charge in [0, 0.05) is 11.8 Å². The van der Waals surface area contributed by atoms with Crippen molar-refractivity contribution < 1.29 is 9.84 Å². The van der Waals surface area contributed by atoms with Crippen molar-refractivity contribution in [3.05, 3.63) is 24.3 Å². The largest absolute Gasteiger partial charge is 0.497 e. The predicted molar refractivity (Wildman–Crippen MR) is 43.7 cm³/mol. The van der Waals surface area contributed by atoms with Crippen LogP contribution in [0.5, 0.6) is 5.75 Å². The van der Waals surface area contributed by atoms with Crippen molar-refractivity contribution >= 4 is 5.69 Å². The molecular formula is C8H11NO2.